The van der Waals surface area contributed by atoms with Crippen LogP contribution in [0.15, 0.2) is 18.2 Å². The number of nitrogens with two attached hydrogens (primary N) is 1. The number of aryl methyl sites for hydroxylation is 2. The lowest BCUT2D eigenvalue weighted by Gasteiger charge is -2.13. The van der Waals surface area contributed by atoms with Crippen molar-refractivity contribution in [2.24, 2.45) is 5.73 Å². The molecule has 0 aromatic heterocycles. The molecule has 1 aliphatic rings. The Balaban J connectivity index is 0.000000659. The van der Waals surface area contributed by atoms with Gasteiger partial charge in [0.25, 0.3) is 0 Å². The van der Waals surface area contributed by atoms with Gasteiger partial charge in [-0.3, -0.25) is 0 Å². The normalized spacial score (nSPS) is 12.4. The van der Waals surface area contributed by atoms with Crippen molar-refractivity contribution in [2.45, 2.75) is 48.0 Å². The topological polar surface area (TPSA) is 38.0 Å². The van der Waals surface area contributed by atoms with Crippen molar-refractivity contribution in [1.29, 1.82) is 0 Å². The summed E-state index contributed by atoms with van der Waals surface area (Å²) in [6.45, 7) is 13.2. The quantitative estimate of drug-likeness (QED) is 0.711. The van der Waals surface area contributed by atoms with Crippen molar-refractivity contribution in [3.8, 4) is 0 Å². The molecule has 0 amide bonds. The monoisotopic (exact) mass is 248 g/mol. The molecule has 0 aliphatic carbocycles. The van der Waals surface area contributed by atoms with Crippen molar-refractivity contribution >= 4 is 11.4 Å². The molecule has 1 aliphatic heterocycles. The first-order valence-electron chi connectivity index (χ1n) is 6.99. The van der Waals surface area contributed by atoms with Crippen molar-refractivity contribution in [3.05, 3.63) is 34.9 Å². The van der Waals surface area contributed by atoms with E-state index >= 15 is 0 Å². The van der Waals surface area contributed by atoms with E-state index in [0.717, 1.165) is 24.2 Å². The largest absolute Gasteiger partial charge is 0.398 e. The molecule has 0 spiro atoms. The second-order valence-electron chi connectivity index (χ2n) is 3.88. The maximum atomic E-state index is 6.01. The lowest BCUT2D eigenvalue weighted by Crippen LogP contribution is -2.04. The highest BCUT2D eigenvalue weighted by Crippen LogP contribution is 2.28. The lowest BCUT2D eigenvalue weighted by molar-refractivity contribution is 1.07. The van der Waals surface area contributed by atoms with Crippen LogP contribution < -0.4 is 11.1 Å². The summed E-state index contributed by atoms with van der Waals surface area (Å²) in [5.41, 5.74) is 11.8. The maximum Gasteiger partial charge on any atom is 0.0464 e. The van der Waals surface area contributed by atoms with Gasteiger partial charge in [-0.2, -0.15) is 0 Å². The fraction of sp³-hybridized carbons (Fsp3) is 0.500. The molecule has 2 rings (SSSR count). The van der Waals surface area contributed by atoms with E-state index in [2.05, 4.69) is 37.4 Å². The summed E-state index contributed by atoms with van der Waals surface area (Å²) in [7, 11) is 0. The highest BCUT2D eigenvalue weighted by molar-refractivity contribution is 5.78. The Morgan fingerprint density at radius 1 is 1.06 bits per heavy atom. The standard InChI is InChI=1S/C12H16N2.2C2H6/c1-8-6-9(2)12-10(7-8)11(13)4-3-5-14-12;2*1-2/h4,6-7,14H,3,5,13H2,1-2H3;2*1-2H3. The van der Waals surface area contributed by atoms with Crippen molar-refractivity contribution in [3.63, 3.8) is 0 Å². The minimum Gasteiger partial charge on any atom is -0.398 e. The minimum atomic E-state index is 0.900. The molecule has 1 aromatic carbocycles. The summed E-state index contributed by atoms with van der Waals surface area (Å²) in [4.78, 5) is 0. The molecule has 2 heteroatoms. The van der Waals surface area contributed by atoms with Gasteiger partial charge in [0.15, 0.2) is 0 Å². The van der Waals surface area contributed by atoms with Crippen LogP contribution in [0.1, 0.15) is 50.8 Å². The Labute approximate surface area is 112 Å². The van der Waals surface area contributed by atoms with E-state index in [9.17, 15) is 0 Å². The lowest BCUT2D eigenvalue weighted by atomic mass is 10.0. The number of anilines is 1. The van der Waals surface area contributed by atoms with Gasteiger partial charge >= 0.3 is 0 Å². The first-order valence-corrected chi connectivity index (χ1v) is 6.99. The van der Waals surface area contributed by atoms with Crippen LogP contribution in [0.25, 0.3) is 5.70 Å². The molecule has 18 heavy (non-hydrogen) atoms. The van der Waals surface area contributed by atoms with Crippen LogP contribution in [0, 0.1) is 13.8 Å². The maximum absolute atomic E-state index is 6.01. The molecule has 0 unspecified atom stereocenters. The van der Waals surface area contributed by atoms with Crippen LogP contribution in [-0.4, -0.2) is 6.54 Å². The molecular weight excluding hydrogens is 220 g/mol. The van der Waals surface area contributed by atoms with Gasteiger partial charge in [-0.1, -0.05) is 45.4 Å². The van der Waals surface area contributed by atoms with Gasteiger partial charge in [0.2, 0.25) is 0 Å². The number of benzene rings is 1. The Morgan fingerprint density at radius 3 is 2.28 bits per heavy atom. The number of hydrogen-bond donors (Lipinski definition) is 2. The molecule has 102 valence electrons. The van der Waals surface area contributed by atoms with E-state index in [1.54, 1.807) is 0 Å². The van der Waals surface area contributed by atoms with E-state index in [0.29, 0.717) is 0 Å². The van der Waals surface area contributed by atoms with Gasteiger partial charge in [0.05, 0.1) is 0 Å². The zero-order valence-corrected chi connectivity index (χ0v) is 12.7. The molecule has 0 fully saturated rings. The van der Waals surface area contributed by atoms with E-state index in [4.69, 9.17) is 5.73 Å². The highest BCUT2D eigenvalue weighted by Gasteiger charge is 2.10. The van der Waals surface area contributed by atoms with Gasteiger partial charge in [-0.15, -0.1) is 0 Å². The number of rotatable bonds is 0. The SMILES string of the molecule is CC.CC.Cc1cc(C)c2c(c1)C(N)=CCCN2. The van der Waals surface area contributed by atoms with Crippen molar-refractivity contribution in [2.75, 3.05) is 11.9 Å². The third-order valence-corrected chi connectivity index (χ3v) is 2.60. The van der Waals surface area contributed by atoms with Gasteiger partial charge in [-0.05, 0) is 31.9 Å². The summed E-state index contributed by atoms with van der Waals surface area (Å²) in [5, 5.41) is 3.42. The summed E-state index contributed by atoms with van der Waals surface area (Å²) in [5.74, 6) is 0. The molecule has 1 aromatic rings. The predicted octanol–water partition coefficient (Wildman–Crippen LogP) is 4.47. The molecule has 0 bridgehead atoms. The summed E-state index contributed by atoms with van der Waals surface area (Å²) in [6, 6.07) is 4.33. The van der Waals surface area contributed by atoms with E-state index in [1.165, 1.54) is 16.8 Å². The molecular formula is C16H28N2. The molecule has 0 radical (unpaired) electrons. The average molecular weight is 248 g/mol. The molecule has 3 N–H and O–H groups in total. The van der Waals surface area contributed by atoms with Crippen molar-refractivity contribution < 1.29 is 0 Å². The first-order chi connectivity index (χ1) is 8.68. The smallest absolute Gasteiger partial charge is 0.0464 e. The molecule has 2 nitrogen and oxygen atoms in total. The van der Waals surface area contributed by atoms with E-state index in [1.807, 2.05) is 27.7 Å². The van der Waals surface area contributed by atoms with Crippen LogP contribution in [0.4, 0.5) is 5.69 Å². The third-order valence-electron chi connectivity index (χ3n) is 2.60. The second kappa shape index (κ2) is 8.62. The summed E-state index contributed by atoms with van der Waals surface area (Å²) in [6.07, 6.45) is 3.09. The van der Waals surface area contributed by atoms with Crippen molar-refractivity contribution in [1.82, 2.24) is 0 Å². The summed E-state index contributed by atoms with van der Waals surface area (Å²) < 4.78 is 0. The molecule has 0 saturated carbocycles. The fourth-order valence-corrected chi connectivity index (χ4v) is 1.96. The Hall–Kier alpha value is -1.44. The zero-order chi connectivity index (χ0) is 14.1. The Bertz CT molecular complexity index is 392. The zero-order valence-electron chi connectivity index (χ0n) is 12.7. The van der Waals surface area contributed by atoms with Crippen LogP contribution in [0.3, 0.4) is 0 Å². The number of hydrogen-bond acceptors (Lipinski definition) is 2. The van der Waals surface area contributed by atoms with Crippen LogP contribution in [0.5, 0.6) is 0 Å². The van der Waals surface area contributed by atoms with Gasteiger partial charge in [0.1, 0.15) is 0 Å². The van der Waals surface area contributed by atoms with Gasteiger partial charge in [0, 0.05) is 23.5 Å². The third kappa shape index (κ3) is 4.10. The second-order valence-corrected chi connectivity index (χ2v) is 3.88. The Morgan fingerprint density at radius 2 is 1.67 bits per heavy atom. The number of nitrogens with one attached hydrogen (secondary N) is 1. The molecule has 0 atom stereocenters. The predicted molar refractivity (Wildman–Crippen MR) is 83.9 cm³/mol. The molecule has 0 saturated heterocycles. The first kappa shape index (κ1) is 16.6. The average Bonchev–Trinajstić information content (AvgIpc) is 2.57. The van der Waals surface area contributed by atoms with Crippen LogP contribution in [0.2, 0.25) is 0 Å². The fourth-order valence-electron chi connectivity index (χ4n) is 1.96. The minimum absolute atomic E-state index is 0.900. The van der Waals surface area contributed by atoms with E-state index in [-0.39, 0.29) is 0 Å². The van der Waals surface area contributed by atoms with Crippen LogP contribution in [-0.2, 0) is 0 Å². The Kier molecular flexibility index (Phi) is 7.93. The summed E-state index contributed by atoms with van der Waals surface area (Å²) >= 11 is 0. The molecule has 1 heterocycles. The van der Waals surface area contributed by atoms with Gasteiger partial charge in [-0.25, -0.2) is 0 Å². The van der Waals surface area contributed by atoms with Crippen LogP contribution >= 0.6 is 0 Å². The number of fused-ring (bicyclic) bond motifs is 1. The van der Waals surface area contributed by atoms with Gasteiger partial charge < -0.3 is 11.1 Å². The highest BCUT2D eigenvalue weighted by atomic mass is 14.9. The van der Waals surface area contributed by atoms with E-state index < -0.39 is 0 Å².